The summed E-state index contributed by atoms with van der Waals surface area (Å²) in [5.74, 6) is 0.786. The van der Waals surface area contributed by atoms with Gasteiger partial charge in [0.05, 0.1) is 6.54 Å². The number of nitrogens with one attached hydrogen (secondary N) is 1. The lowest BCUT2D eigenvalue weighted by molar-refractivity contribution is 0.240. The summed E-state index contributed by atoms with van der Waals surface area (Å²) in [6, 6.07) is 13.6. The predicted octanol–water partition coefficient (Wildman–Crippen LogP) is 4.19. The van der Waals surface area contributed by atoms with Gasteiger partial charge in [-0.1, -0.05) is 29.8 Å². The van der Waals surface area contributed by atoms with Gasteiger partial charge >= 0.3 is 6.03 Å². The Morgan fingerprint density at radius 3 is 2.92 bits per heavy atom. The number of nitrogens with zero attached hydrogens (tertiary/aromatic N) is 1. The van der Waals surface area contributed by atoms with Crippen molar-refractivity contribution in [2.45, 2.75) is 26.3 Å². The lowest BCUT2D eigenvalue weighted by atomic mass is 10.1. The number of ether oxygens (including phenoxy) is 1. The number of para-hydroxylation sites is 1. The van der Waals surface area contributed by atoms with Crippen molar-refractivity contribution >= 4 is 23.3 Å². The molecule has 1 heterocycles. The molecule has 5 heteroatoms. The van der Waals surface area contributed by atoms with Crippen LogP contribution in [0.5, 0.6) is 5.75 Å². The third-order valence-corrected chi connectivity index (χ3v) is 4.43. The van der Waals surface area contributed by atoms with E-state index in [9.17, 15) is 4.79 Å². The molecule has 0 aliphatic carbocycles. The van der Waals surface area contributed by atoms with E-state index >= 15 is 0 Å². The highest BCUT2D eigenvalue weighted by Crippen LogP contribution is 2.31. The lowest BCUT2D eigenvalue weighted by Crippen LogP contribution is -2.44. The van der Waals surface area contributed by atoms with Gasteiger partial charge in [-0.15, -0.1) is 0 Å². The van der Waals surface area contributed by atoms with Crippen LogP contribution in [0, 0.1) is 6.92 Å². The molecule has 1 N–H and O–H groups in total. The van der Waals surface area contributed by atoms with Gasteiger partial charge in [0, 0.05) is 16.8 Å². The molecule has 2 amide bonds. The van der Waals surface area contributed by atoms with Crippen LogP contribution in [0.4, 0.5) is 10.5 Å². The van der Waals surface area contributed by atoms with E-state index in [0.717, 1.165) is 23.4 Å². The van der Waals surface area contributed by atoms with Crippen LogP contribution in [-0.2, 0) is 6.42 Å². The Morgan fingerprint density at radius 2 is 2.12 bits per heavy atom. The minimum atomic E-state index is -0.0797. The van der Waals surface area contributed by atoms with Gasteiger partial charge in [-0.25, -0.2) is 4.79 Å². The molecule has 0 spiro atoms. The summed E-state index contributed by atoms with van der Waals surface area (Å²) in [6.45, 7) is 4.88. The first-order chi connectivity index (χ1) is 11.6. The summed E-state index contributed by atoms with van der Waals surface area (Å²) in [4.78, 5) is 14.3. The van der Waals surface area contributed by atoms with Crippen LogP contribution in [0.25, 0.3) is 0 Å². The normalized spacial score (nSPS) is 16.0. The van der Waals surface area contributed by atoms with Crippen LogP contribution >= 0.6 is 11.6 Å². The number of amides is 2. The number of hydrogen-bond donors (Lipinski definition) is 1. The number of carbonyl (C=O) groups excluding carboxylic acids is 1. The van der Waals surface area contributed by atoms with Crippen molar-refractivity contribution in [1.29, 1.82) is 0 Å². The number of hydrogen-bond acceptors (Lipinski definition) is 2. The fraction of sp³-hybridized carbons (Fsp3) is 0.316. The highest BCUT2D eigenvalue weighted by Gasteiger charge is 2.30. The van der Waals surface area contributed by atoms with E-state index in [4.69, 9.17) is 16.3 Å². The molecule has 1 aliphatic rings. The Balaban J connectivity index is 1.53. The lowest BCUT2D eigenvalue weighted by Gasteiger charge is -2.23. The van der Waals surface area contributed by atoms with Crippen molar-refractivity contribution in [2.75, 3.05) is 18.1 Å². The molecule has 1 atom stereocenters. The molecule has 0 saturated heterocycles. The highest BCUT2D eigenvalue weighted by atomic mass is 35.5. The summed E-state index contributed by atoms with van der Waals surface area (Å²) < 4.78 is 5.71. The van der Waals surface area contributed by atoms with Gasteiger partial charge in [0.25, 0.3) is 0 Å². The number of rotatable bonds is 4. The molecule has 24 heavy (non-hydrogen) atoms. The molecule has 2 aromatic rings. The molecule has 1 aliphatic heterocycles. The first kappa shape index (κ1) is 16.7. The van der Waals surface area contributed by atoms with Crippen LogP contribution in [0.2, 0.25) is 5.02 Å². The molecule has 1 unspecified atom stereocenters. The zero-order chi connectivity index (χ0) is 17.1. The standard InChI is InChI=1S/C19H21ClN2O2/c1-13-11-16(20)7-8-18(13)24-10-9-21-19(23)22-14(2)12-15-5-3-4-6-17(15)22/h3-8,11,14H,9-10,12H2,1-2H3,(H,21,23). The molecular formula is C19H21ClN2O2. The Labute approximate surface area is 147 Å². The second-order valence-corrected chi connectivity index (χ2v) is 6.48. The molecular weight excluding hydrogens is 324 g/mol. The second-order valence-electron chi connectivity index (χ2n) is 6.04. The Hall–Kier alpha value is -2.20. The summed E-state index contributed by atoms with van der Waals surface area (Å²) in [5.41, 5.74) is 3.20. The maximum Gasteiger partial charge on any atom is 0.322 e. The third-order valence-electron chi connectivity index (χ3n) is 4.20. The van der Waals surface area contributed by atoms with E-state index in [2.05, 4.69) is 18.3 Å². The Bertz CT molecular complexity index is 748. The third kappa shape index (κ3) is 3.49. The number of halogens is 1. The second kappa shape index (κ2) is 7.14. The largest absolute Gasteiger partial charge is 0.491 e. The van der Waals surface area contributed by atoms with Crippen molar-refractivity contribution in [3.63, 3.8) is 0 Å². The van der Waals surface area contributed by atoms with Gasteiger partial charge in [-0.05, 0) is 55.7 Å². The van der Waals surface area contributed by atoms with Gasteiger partial charge in [0.1, 0.15) is 12.4 Å². The SMILES string of the molecule is Cc1cc(Cl)ccc1OCCNC(=O)N1c2ccccc2CC1C. The zero-order valence-corrected chi connectivity index (χ0v) is 14.6. The fourth-order valence-electron chi connectivity index (χ4n) is 3.05. The van der Waals surface area contributed by atoms with Crippen molar-refractivity contribution in [1.82, 2.24) is 5.32 Å². The average molecular weight is 345 g/mol. The van der Waals surface area contributed by atoms with Crippen molar-refractivity contribution in [2.24, 2.45) is 0 Å². The van der Waals surface area contributed by atoms with Crippen molar-refractivity contribution < 1.29 is 9.53 Å². The number of carbonyl (C=O) groups is 1. The van der Waals surface area contributed by atoms with Gasteiger partial charge in [-0.2, -0.15) is 0 Å². The maximum atomic E-state index is 12.5. The van der Waals surface area contributed by atoms with Gasteiger partial charge in [0.2, 0.25) is 0 Å². The number of benzene rings is 2. The van der Waals surface area contributed by atoms with Crippen molar-refractivity contribution in [3.05, 3.63) is 58.6 Å². The van der Waals surface area contributed by atoms with Gasteiger partial charge in [-0.3, -0.25) is 4.90 Å². The summed E-state index contributed by atoms with van der Waals surface area (Å²) in [6.07, 6.45) is 0.893. The minimum Gasteiger partial charge on any atom is -0.491 e. The minimum absolute atomic E-state index is 0.0797. The van der Waals surface area contributed by atoms with E-state index in [0.29, 0.717) is 18.2 Å². The van der Waals surface area contributed by atoms with Crippen molar-refractivity contribution in [3.8, 4) is 5.75 Å². The topological polar surface area (TPSA) is 41.6 Å². The first-order valence-corrected chi connectivity index (χ1v) is 8.48. The number of aryl methyl sites for hydroxylation is 1. The molecule has 0 aromatic heterocycles. The van der Waals surface area contributed by atoms with Crippen LogP contribution in [-0.4, -0.2) is 25.2 Å². The van der Waals surface area contributed by atoms with Crippen LogP contribution < -0.4 is 15.0 Å². The summed E-state index contributed by atoms with van der Waals surface area (Å²) in [5, 5.41) is 3.62. The first-order valence-electron chi connectivity index (χ1n) is 8.10. The average Bonchev–Trinajstić information content (AvgIpc) is 2.88. The van der Waals surface area contributed by atoms with Gasteiger partial charge < -0.3 is 10.1 Å². The molecule has 0 fully saturated rings. The van der Waals surface area contributed by atoms with Gasteiger partial charge in [0.15, 0.2) is 0 Å². The van der Waals surface area contributed by atoms with E-state index in [1.807, 2.05) is 42.2 Å². The number of urea groups is 1. The zero-order valence-electron chi connectivity index (χ0n) is 13.9. The maximum absolute atomic E-state index is 12.5. The predicted molar refractivity (Wildman–Crippen MR) is 97.2 cm³/mol. The molecule has 4 nitrogen and oxygen atoms in total. The van der Waals surface area contributed by atoms with E-state index in [-0.39, 0.29) is 12.1 Å². The molecule has 3 rings (SSSR count). The Morgan fingerprint density at radius 1 is 1.33 bits per heavy atom. The van der Waals surface area contributed by atoms with Crippen LogP contribution in [0.3, 0.4) is 0 Å². The van der Waals surface area contributed by atoms with E-state index < -0.39 is 0 Å². The van der Waals surface area contributed by atoms with Crippen LogP contribution in [0.15, 0.2) is 42.5 Å². The fourth-order valence-corrected chi connectivity index (χ4v) is 3.28. The molecule has 0 saturated carbocycles. The molecule has 2 aromatic carbocycles. The Kier molecular flexibility index (Phi) is 4.95. The monoisotopic (exact) mass is 344 g/mol. The van der Waals surface area contributed by atoms with E-state index in [1.165, 1.54) is 5.56 Å². The van der Waals surface area contributed by atoms with Crippen LogP contribution in [0.1, 0.15) is 18.1 Å². The van der Waals surface area contributed by atoms with E-state index in [1.54, 1.807) is 6.07 Å². The quantitative estimate of drug-likeness (QED) is 0.845. The molecule has 0 bridgehead atoms. The smallest absolute Gasteiger partial charge is 0.322 e. The number of fused-ring (bicyclic) bond motifs is 1. The summed E-state index contributed by atoms with van der Waals surface area (Å²) >= 11 is 5.93. The molecule has 126 valence electrons. The number of anilines is 1. The highest BCUT2D eigenvalue weighted by molar-refractivity contribution is 6.30. The summed E-state index contributed by atoms with van der Waals surface area (Å²) in [7, 11) is 0. The molecule has 0 radical (unpaired) electrons.